The van der Waals surface area contributed by atoms with Gasteiger partial charge in [0.2, 0.25) is 5.88 Å². The molecule has 1 aliphatic rings. The number of aryl methyl sites for hydroxylation is 1. The van der Waals surface area contributed by atoms with E-state index < -0.39 is 27.7 Å². The summed E-state index contributed by atoms with van der Waals surface area (Å²) in [6.45, 7) is 4.14. The van der Waals surface area contributed by atoms with Crippen LogP contribution in [-0.4, -0.2) is 43.6 Å². The monoisotopic (exact) mass is 579 g/mol. The van der Waals surface area contributed by atoms with Gasteiger partial charge in [-0.1, -0.05) is 18.2 Å². The molecule has 1 aliphatic heterocycles. The number of carbonyl (C=O) groups is 1. The number of halogens is 1. The van der Waals surface area contributed by atoms with Crippen LogP contribution in [0.4, 0.5) is 4.39 Å². The molecule has 2 heterocycles. The van der Waals surface area contributed by atoms with Gasteiger partial charge in [-0.2, -0.15) is 0 Å². The molecule has 0 radical (unpaired) electrons. The fourth-order valence-corrected chi connectivity index (χ4v) is 5.93. The maximum Gasteiger partial charge on any atom is 1.00 e. The van der Waals surface area contributed by atoms with Crippen LogP contribution < -0.4 is 44.1 Å². The van der Waals surface area contributed by atoms with Crippen molar-refractivity contribution in [1.29, 1.82) is 0 Å². The Kier molecular flexibility index (Phi) is 11.5. The zero-order chi connectivity index (χ0) is 28.0. The number of rotatable bonds is 11. The number of aromatic nitrogens is 1. The van der Waals surface area contributed by atoms with Crippen LogP contribution in [0.25, 0.3) is 11.1 Å². The van der Waals surface area contributed by atoms with Crippen molar-refractivity contribution >= 4 is 15.8 Å². The summed E-state index contributed by atoms with van der Waals surface area (Å²) in [7, 11) is -2.98. The predicted octanol–water partition coefficient (Wildman–Crippen LogP) is 0.953. The normalized spacial score (nSPS) is 15.6. The largest absolute Gasteiger partial charge is 1.00 e. The Bertz CT molecular complexity index is 1400. The molecule has 0 N–H and O–H groups in total. The van der Waals surface area contributed by atoms with Crippen molar-refractivity contribution in [3.8, 4) is 22.8 Å². The number of carboxylic acids is 1. The Balaban J connectivity index is 0.00000441. The van der Waals surface area contributed by atoms with Crippen LogP contribution in [-0.2, 0) is 26.0 Å². The van der Waals surface area contributed by atoms with Gasteiger partial charge in [0.05, 0.1) is 17.6 Å². The maximum atomic E-state index is 14.8. The van der Waals surface area contributed by atoms with Crippen molar-refractivity contribution in [3.63, 3.8) is 0 Å². The van der Waals surface area contributed by atoms with Gasteiger partial charge in [0.15, 0.2) is 9.84 Å². The standard InChI is InChI=1S/C29H32FNO7S.Na/c1-3-36-27(17-29(32)33)21-5-7-22(8-6-21)37-18-20-4-10-26(30)25(16-20)24-9-11-28(31-19(24)2)38-23-12-14-39(34,35)15-13-23;/h4-11,16,23,27H,3,12-15,17-18H2,1-2H3,(H,32,33);/q;+1/p-1/t27-;/m0./s1. The topological polar surface area (TPSA) is 115 Å². The minimum Gasteiger partial charge on any atom is -0.550 e. The Labute approximate surface area is 256 Å². The van der Waals surface area contributed by atoms with Crippen molar-refractivity contribution in [2.24, 2.45) is 0 Å². The third-order valence-corrected chi connectivity index (χ3v) is 8.26. The molecular weight excluding hydrogens is 548 g/mol. The number of pyridine rings is 1. The molecule has 1 atom stereocenters. The molecule has 3 aromatic rings. The molecule has 0 saturated carbocycles. The van der Waals surface area contributed by atoms with Crippen molar-refractivity contribution in [2.45, 2.75) is 51.9 Å². The molecule has 0 amide bonds. The number of sulfone groups is 1. The van der Waals surface area contributed by atoms with Gasteiger partial charge < -0.3 is 24.1 Å². The second-order valence-electron chi connectivity index (χ2n) is 9.44. The number of hydrogen-bond acceptors (Lipinski definition) is 8. The van der Waals surface area contributed by atoms with Gasteiger partial charge in [-0.05, 0) is 68.1 Å². The summed E-state index contributed by atoms with van der Waals surface area (Å²) in [4.78, 5) is 15.5. The van der Waals surface area contributed by atoms with Gasteiger partial charge >= 0.3 is 29.6 Å². The summed E-state index contributed by atoms with van der Waals surface area (Å²) in [5.41, 5.74) is 3.05. The molecule has 208 valence electrons. The fourth-order valence-electron chi connectivity index (χ4n) is 4.48. The van der Waals surface area contributed by atoms with Crippen LogP contribution in [0, 0.1) is 12.7 Å². The summed E-state index contributed by atoms with van der Waals surface area (Å²) in [5, 5.41) is 11.0. The Hall–Kier alpha value is -2.50. The van der Waals surface area contributed by atoms with E-state index in [0.717, 1.165) is 5.56 Å². The van der Waals surface area contributed by atoms with Crippen LogP contribution in [0.5, 0.6) is 11.6 Å². The van der Waals surface area contributed by atoms with Crippen molar-refractivity contribution in [2.75, 3.05) is 18.1 Å². The quantitative estimate of drug-likeness (QED) is 0.309. The molecule has 11 heteroatoms. The zero-order valence-corrected chi connectivity index (χ0v) is 25.7. The van der Waals surface area contributed by atoms with Crippen LogP contribution in [0.15, 0.2) is 54.6 Å². The first-order valence-corrected chi connectivity index (χ1v) is 14.6. The Morgan fingerprint density at radius 1 is 1.07 bits per heavy atom. The SMILES string of the molecule is CCO[C@@H](CC(=O)[O-])c1ccc(OCc2ccc(F)c(-c3ccc(OC4CCS(=O)(=O)CC4)nc3C)c2)cc1.[Na+]. The minimum absolute atomic E-state index is 0. The zero-order valence-electron chi connectivity index (χ0n) is 22.9. The number of nitrogens with zero attached hydrogens (tertiary/aromatic N) is 1. The Morgan fingerprint density at radius 2 is 1.77 bits per heavy atom. The molecule has 0 spiro atoms. The molecule has 1 fully saturated rings. The van der Waals surface area contributed by atoms with Gasteiger partial charge in [0.25, 0.3) is 0 Å². The molecule has 4 rings (SSSR count). The minimum atomic E-state index is -2.98. The van der Waals surface area contributed by atoms with E-state index in [1.807, 2.05) is 0 Å². The third kappa shape index (κ3) is 8.75. The van der Waals surface area contributed by atoms with E-state index in [-0.39, 0.29) is 60.2 Å². The van der Waals surface area contributed by atoms with E-state index in [9.17, 15) is 22.7 Å². The molecular formula is C29H31FNNaO7S. The van der Waals surface area contributed by atoms with Crippen molar-refractivity contribution in [3.05, 3.63) is 77.2 Å². The van der Waals surface area contributed by atoms with Crippen LogP contribution in [0.3, 0.4) is 0 Å². The number of carbonyl (C=O) groups excluding carboxylic acids is 1. The van der Waals surface area contributed by atoms with E-state index in [1.165, 1.54) is 6.07 Å². The molecule has 1 aromatic heterocycles. The molecule has 40 heavy (non-hydrogen) atoms. The average Bonchev–Trinajstić information content (AvgIpc) is 2.90. The first-order valence-electron chi connectivity index (χ1n) is 12.8. The van der Waals surface area contributed by atoms with E-state index in [4.69, 9.17) is 14.2 Å². The van der Waals surface area contributed by atoms with E-state index >= 15 is 0 Å². The van der Waals surface area contributed by atoms with Gasteiger partial charge in [-0.3, -0.25) is 0 Å². The summed E-state index contributed by atoms with van der Waals surface area (Å²) in [6.07, 6.45) is -0.189. The average molecular weight is 580 g/mol. The molecule has 0 bridgehead atoms. The first-order chi connectivity index (χ1) is 18.6. The summed E-state index contributed by atoms with van der Waals surface area (Å²) in [5.74, 6) is -0.410. The van der Waals surface area contributed by atoms with Crippen LogP contribution >= 0.6 is 0 Å². The number of carboxylic acid groups (broad SMARTS) is 1. The number of ether oxygens (including phenoxy) is 3. The molecule has 8 nitrogen and oxygen atoms in total. The second-order valence-corrected chi connectivity index (χ2v) is 11.7. The van der Waals surface area contributed by atoms with Gasteiger partial charge in [0.1, 0.15) is 24.3 Å². The van der Waals surface area contributed by atoms with Crippen LogP contribution in [0.2, 0.25) is 0 Å². The molecule has 0 unspecified atom stereocenters. The first kappa shape index (κ1) is 32.0. The van der Waals surface area contributed by atoms with Gasteiger partial charge in [-0.25, -0.2) is 17.8 Å². The number of aliphatic carboxylic acids is 1. The fraction of sp³-hybridized carbons (Fsp3) is 0.379. The van der Waals surface area contributed by atoms with E-state index in [1.54, 1.807) is 62.4 Å². The molecule has 1 saturated heterocycles. The van der Waals surface area contributed by atoms with E-state index in [0.29, 0.717) is 53.5 Å². The summed E-state index contributed by atoms with van der Waals surface area (Å²) < 4.78 is 55.4. The van der Waals surface area contributed by atoms with Crippen LogP contribution in [0.1, 0.15) is 49.1 Å². The number of hydrogen-bond donors (Lipinski definition) is 0. The van der Waals surface area contributed by atoms with Crippen molar-refractivity contribution < 1.29 is 66.5 Å². The molecule has 0 aliphatic carbocycles. The second kappa shape index (κ2) is 14.4. The molecule has 2 aromatic carbocycles. The van der Waals surface area contributed by atoms with Gasteiger partial charge in [-0.15, -0.1) is 0 Å². The smallest absolute Gasteiger partial charge is 0.550 e. The maximum absolute atomic E-state index is 14.8. The van der Waals surface area contributed by atoms with Gasteiger partial charge in [0, 0.05) is 41.9 Å². The summed E-state index contributed by atoms with van der Waals surface area (Å²) >= 11 is 0. The summed E-state index contributed by atoms with van der Waals surface area (Å²) in [6, 6.07) is 15.1. The third-order valence-electron chi connectivity index (χ3n) is 6.55. The van der Waals surface area contributed by atoms with E-state index in [2.05, 4.69) is 4.98 Å². The Morgan fingerprint density at radius 3 is 2.40 bits per heavy atom. The van der Waals surface area contributed by atoms with Crippen molar-refractivity contribution in [1.82, 2.24) is 4.98 Å². The predicted molar refractivity (Wildman–Crippen MR) is 141 cm³/mol. The number of benzene rings is 2.